The first-order chi connectivity index (χ1) is 13.1. The Bertz CT molecular complexity index is 942. The van der Waals surface area contributed by atoms with Crippen LogP contribution in [0.25, 0.3) is 0 Å². The molecule has 8 nitrogen and oxygen atoms in total. The van der Waals surface area contributed by atoms with Crippen LogP contribution in [0.4, 0.5) is 4.39 Å². The number of aromatic nitrogens is 4. The van der Waals surface area contributed by atoms with Crippen LogP contribution in [0.1, 0.15) is 46.8 Å². The van der Waals surface area contributed by atoms with Gasteiger partial charge in [-0.15, -0.1) is 0 Å². The Kier molecular flexibility index (Phi) is 4.49. The first kappa shape index (κ1) is 17.1. The largest absolute Gasteiger partial charge is 0.505 e. The number of benzene rings is 1. The Morgan fingerprint density at radius 1 is 1.26 bits per heavy atom. The molecule has 0 saturated carbocycles. The van der Waals surface area contributed by atoms with Crippen molar-refractivity contribution >= 4 is 5.91 Å². The fourth-order valence-corrected chi connectivity index (χ4v) is 3.09. The van der Waals surface area contributed by atoms with Crippen LogP contribution in [-0.2, 0) is 6.42 Å². The van der Waals surface area contributed by atoms with Gasteiger partial charge in [-0.05, 0) is 30.5 Å². The van der Waals surface area contributed by atoms with Gasteiger partial charge in [-0.2, -0.15) is 4.98 Å². The van der Waals surface area contributed by atoms with Crippen molar-refractivity contribution in [1.29, 1.82) is 0 Å². The van der Waals surface area contributed by atoms with Gasteiger partial charge >= 0.3 is 0 Å². The van der Waals surface area contributed by atoms with Crippen molar-refractivity contribution in [3.8, 4) is 5.75 Å². The van der Waals surface area contributed by atoms with Crippen LogP contribution >= 0.6 is 0 Å². The van der Waals surface area contributed by atoms with E-state index in [4.69, 9.17) is 4.52 Å². The van der Waals surface area contributed by atoms with Gasteiger partial charge in [0.05, 0.1) is 12.4 Å². The highest BCUT2D eigenvalue weighted by molar-refractivity contribution is 5.90. The lowest BCUT2D eigenvalue weighted by molar-refractivity contribution is 0.0697. The molecular weight excluding hydrogens is 353 g/mol. The third-order valence-corrected chi connectivity index (χ3v) is 4.39. The van der Waals surface area contributed by atoms with E-state index < -0.39 is 0 Å². The Balaban J connectivity index is 1.50. The lowest BCUT2D eigenvalue weighted by Crippen LogP contribution is -2.32. The van der Waals surface area contributed by atoms with E-state index in [2.05, 4.69) is 20.1 Å². The smallest absolute Gasteiger partial charge is 0.292 e. The molecule has 1 atom stereocenters. The van der Waals surface area contributed by atoms with Gasteiger partial charge in [-0.3, -0.25) is 4.79 Å². The predicted octanol–water partition coefficient (Wildman–Crippen LogP) is 2.27. The van der Waals surface area contributed by atoms with Gasteiger partial charge in [0.1, 0.15) is 11.9 Å². The molecule has 1 unspecified atom stereocenters. The minimum absolute atomic E-state index is 0.00532. The summed E-state index contributed by atoms with van der Waals surface area (Å²) < 4.78 is 18.4. The first-order valence-electron chi connectivity index (χ1n) is 8.49. The fourth-order valence-electron chi connectivity index (χ4n) is 3.09. The summed E-state index contributed by atoms with van der Waals surface area (Å²) in [5, 5.41) is 13.2. The second-order valence-corrected chi connectivity index (χ2v) is 6.27. The van der Waals surface area contributed by atoms with Crippen LogP contribution in [0.5, 0.6) is 5.75 Å². The number of carbonyl (C=O) groups excluding carboxylic acids is 1. The van der Waals surface area contributed by atoms with Crippen LogP contribution in [0, 0.1) is 5.82 Å². The summed E-state index contributed by atoms with van der Waals surface area (Å²) in [6.45, 7) is 0.531. The van der Waals surface area contributed by atoms with Crippen LogP contribution < -0.4 is 0 Å². The molecule has 3 heterocycles. The highest BCUT2D eigenvalue weighted by Gasteiger charge is 2.35. The molecule has 2 aromatic heterocycles. The summed E-state index contributed by atoms with van der Waals surface area (Å²) in [4.78, 5) is 26.4. The van der Waals surface area contributed by atoms with Crippen molar-refractivity contribution in [3.05, 3.63) is 65.6 Å². The molecule has 1 aliphatic rings. The van der Waals surface area contributed by atoms with Gasteiger partial charge in [-0.25, -0.2) is 14.4 Å². The lowest BCUT2D eigenvalue weighted by atomic mass is 10.1. The molecule has 27 heavy (non-hydrogen) atoms. The maximum Gasteiger partial charge on any atom is 0.292 e. The van der Waals surface area contributed by atoms with E-state index >= 15 is 0 Å². The minimum Gasteiger partial charge on any atom is -0.505 e. The number of amides is 1. The van der Waals surface area contributed by atoms with Gasteiger partial charge in [0.15, 0.2) is 11.6 Å². The molecule has 1 saturated heterocycles. The number of carbonyl (C=O) groups is 1. The lowest BCUT2D eigenvalue weighted by Gasteiger charge is -2.20. The van der Waals surface area contributed by atoms with E-state index in [0.29, 0.717) is 31.1 Å². The summed E-state index contributed by atoms with van der Waals surface area (Å²) >= 11 is 0. The average molecular weight is 369 g/mol. The number of hydrogen-bond acceptors (Lipinski definition) is 7. The number of likely N-dealkylation sites (tertiary alicyclic amines) is 1. The second-order valence-electron chi connectivity index (χ2n) is 6.27. The number of rotatable bonds is 4. The molecule has 1 aromatic carbocycles. The minimum atomic E-state index is -0.351. The predicted molar refractivity (Wildman–Crippen MR) is 90.2 cm³/mol. The maximum absolute atomic E-state index is 13.0. The van der Waals surface area contributed by atoms with E-state index in [1.54, 1.807) is 17.0 Å². The summed E-state index contributed by atoms with van der Waals surface area (Å²) in [5.41, 5.74) is 0.862. The summed E-state index contributed by atoms with van der Waals surface area (Å²) in [5.74, 6) is 0.0750. The van der Waals surface area contributed by atoms with Crippen molar-refractivity contribution in [1.82, 2.24) is 25.0 Å². The monoisotopic (exact) mass is 369 g/mol. The van der Waals surface area contributed by atoms with E-state index in [1.165, 1.54) is 24.5 Å². The zero-order valence-corrected chi connectivity index (χ0v) is 14.2. The second kappa shape index (κ2) is 7.10. The van der Waals surface area contributed by atoms with Crippen molar-refractivity contribution in [3.63, 3.8) is 0 Å². The van der Waals surface area contributed by atoms with Gasteiger partial charge in [0.25, 0.3) is 5.91 Å². The molecule has 0 bridgehead atoms. The zero-order chi connectivity index (χ0) is 18.8. The molecule has 3 aromatic rings. The molecule has 9 heteroatoms. The Labute approximate surface area is 153 Å². The van der Waals surface area contributed by atoms with Crippen LogP contribution in [-0.4, -0.2) is 42.6 Å². The first-order valence-corrected chi connectivity index (χ1v) is 8.49. The molecule has 1 aliphatic heterocycles. The van der Waals surface area contributed by atoms with Crippen LogP contribution in [0.2, 0.25) is 0 Å². The Hall–Kier alpha value is -3.36. The summed E-state index contributed by atoms with van der Waals surface area (Å²) in [6.07, 6.45) is 4.26. The topological polar surface area (TPSA) is 105 Å². The SMILES string of the molecule is O=C(c1ncc(O)cn1)N1CCCC1c1nc(Cc2ccc(F)cc2)no1. The molecule has 138 valence electrons. The Morgan fingerprint density at radius 3 is 2.74 bits per heavy atom. The molecule has 1 fully saturated rings. The van der Waals surface area contributed by atoms with E-state index in [9.17, 15) is 14.3 Å². The van der Waals surface area contributed by atoms with Crippen LogP contribution in [0.15, 0.2) is 41.2 Å². The molecule has 0 aliphatic carbocycles. The molecule has 0 spiro atoms. The number of hydrogen-bond donors (Lipinski definition) is 1. The number of halogens is 1. The summed E-state index contributed by atoms with van der Waals surface area (Å²) in [6, 6.07) is 5.75. The molecule has 0 radical (unpaired) electrons. The quantitative estimate of drug-likeness (QED) is 0.752. The van der Waals surface area contributed by atoms with E-state index in [0.717, 1.165) is 12.0 Å². The third kappa shape index (κ3) is 3.62. The van der Waals surface area contributed by atoms with Gasteiger partial charge < -0.3 is 14.5 Å². The van der Waals surface area contributed by atoms with Crippen LogP contribution in [0.3, 0.4) is 0 Å². The maximum atomic E-state index is 13.0. The summed E-state index contributed by atoms with van der Waals surface area (Å²) in [7, 11) is 0. The molecule has 4 rings (SSSR count). The number of aromatic hydroxyl groups is 1. The normalized spacial score (nSPS) is 16.6. The van der Waals surface area contributed by atoms with Crippen molar-refractivity contribution in [2.75, 3.05) is 6.54 Å². The highest BCUT2D eigenvalue weighted by atomic mass is 19.1. The van der Waals surface area contributed by atoms with Crippen molar-refractivity contribution < 1.29 is 18.8 Å². The molecular formula is C18H16FN5O3. The number of nitrogens with zero attached hydrogens (tertiary/aromatic N) is 5. The van der Waals surface area contributed by atoms with Crippen molar-refractivity contribution in [2.24, 2.45) is 0 Å². The zero-order valence-electron chi connectivity index (χ0n) is 14.2. The van der Waals surface area contributed by atoms with Gasteiger partial charge in [0, 0.05) is 13.0 Å². The third-order valence-electron chi connectivity index (χ3n) is 4.39. The van der Waals surface area contributed by atoms with E-state index in [-0.39, 0.29) is 29.3 Å². The average Bonchev–Trinajstić information content (AvgIpc) is 3.33. The van der Waals surface area contributed by atoms with Gasteiger partial charge in [0.2, 0.25) is 11.7 Å². The van der Waals surface area contributed by atoms with Gasteiger partial charge in [-0.1, -0.05) is 17.3 Å². The molecule has 1 N–H and O–H groups in total. The Morgan fingerprint density at radius 2 is 2.00 bits per heavy atom. The fraction of sp³-hybridized carbons (Fsp3) is 0.278. The highest BCUT2D eigenvalue weighted by Crippen LogP contribution is 2.32. The van der Waals surface area contributed by atoms with E-state index in [1.807, 2.05) is 0 Å². The standard InChI is InChI=1S/C18H16FN5O3/c19-12-5-3-11(4-6-12)8-15-22-17(27-23-15)14-2-1-7-24(14)18(26)16-20-9-13(25)10-21-16/h3-6,9-10,14,25H,1-2,7-8H2. The molecule has 1 amide bonds. The van der Waals surface area contributed by atoms with Crippen molar-refractivity contribution in [2.45, 2.75) is 25.3 Å².